The van der Waals surface area contributed by atoms with Gasteiger partial charge in [0.05, 0.1) is 28.0 Å². The number of fused-ring (bicyclic) bond motifs is 2. The lowest BCUT2D eigenvalue weighted by Crippen LogP contribution is -2.03. The molecule has 8 heteroatoms. The molecule has 0 unspecified atom stereocenters. The smallest absolute Gasteiger partial charge is 0.179 e. The number of nitrogens with zero attached hydrogens (tertiary/aromatic N) is 5. The molecule has 5 rings (SSSR count). The van der Waals surface area contributed by atoms with Crippen molar-refractivity contribution in [2.24, 2.45) is 0 Å². The van der Waals surface area contributed by atoms with E-state index in [2.05, 4.69) is 26.3 Å². The van der Waals surface area contributed by atoms with Crippen molar-refractivity contribution in [3.8, 4) is 11.3 Å². The lowest BCUT2D eigenvalue weighted by Gasteiger charge is -2.05. The second-order valence-corrected chi connectivity index (χ2v) is 6.99. The first kappa shape index (κ1) is 16.0. The van der Waals surface area contributed by atoms with E-state index < -0.39 is 11.6 Å². The maximum Gasteiger partial charge on any atom is 0.179 e. The van der Waals surface area contributed by atoms with Gasteiger partial charge in [0.25, 0.3) is 0 Å². The lowest BCUT2D eigenvalue weighted by molar-refractivity contribution is 0.584. The summed E-state index contributed by atoms with van der Waals surface area (Å²) in [4.78, 5) is 8.81. The minimum Gasteiger partial charge on any atom is -0.245 e. The van der Waals surface area contributed by atoms with Crippen LogP contribution >= 0.6 is 11.3 Å². The highest BCUT2D eigenvalue weighted by Crippen LogP contribution is 2.23. The van der Waals surface area contributed by atoms with Gasteiger partial charge in [-0.3, -0.25) is 0 Å². The number of pyridine rings is 1. The summed E-state index contributed by atoms with van der Waals surface area (Å²) in [5, 5.41) is 8.30. The zero-order valence-corrected chi connectivity index (χ0v) is 14.6. The Hall–Kier alpha value is -3.26. The summed E-state index contributed by atoms with van der Waals surface area (Å²) in [5.41, 5.74) is 5.82. The van der Waals surface area contributed by atoms with Crippen LogP contribution in [0.4, 0.5) is 8.78 Å². The molecule has 0 amide bonds. The number of rotatable bonds is 3. The van der Waals surface area contributed by atoms with E-state index in [9.17, 15) is 8.78 Å². The SMILES string of the molecule is Fc1cc(F)cc(-c2ccc3nnn(Cc4ccc5ncsc5c4)c3n2)c1. The Kier molecular flexibility index (Phi) is 3.64. The Labute approximate surface area is 155 Å². The van der Waals surface area contributed by atoms with Gasteiger partial charge in [-0.05, 0) is 42.0 Å². The minimum atomic E-state index is -0.642. The Balaban J connectivity index is 1.56. The summed E-state index contributed by atoms with van der Waals surface area (Å²) < 4.78 is 29.8. The van der Waals surface area contributed by atoms with Crippen LogP contribution in [0.15, 0.2) is 54.0 Å². The van der Waals surface area contributed by atoms with Gasteiger partial charge in [-0.15, -0.1) is 16.4 Å². The molecule has 3 aromatic heterocycles. The quantitative estimate of drug-likeness (QED) is 0.465. The summed E-state index contributed by atoms with van der Waals surface area (Å²) >= 11 is 1.58. The van der Waals surface area contributed by atoms with E-state index in [4.69, 9.17) is 0 Å². The maximum atomic E-state index is 13.5. The van der Waals surface area contributed by atoms with E-state index in [1.807, 2.05) is 17.6 Å². The third-order valence-corrected chi connectivity index (χ3v) is 5.04. The van der Waals surface area contributed by atoms with E-state index in [0.29, 0.717) is 29.0 Å². The van der Waals surface area contributed by atoms with E-state index in [0.717, 1.165) is 21.8 Å². The fourth-order valence-electron chi connectivity index (χ4n) is 2.99. The molecule has 0 aliphatic carbocycles. The van der Waals surface area contributed by atoms with Crippen LogP contribution in [-0.4, -0.2) is 25.0 Å². The van der Waals surface area contributed by atoms with Crippen LogP contribution < -0.4 is 0 Å². The molecule has 0 saturated carbocycles. The maximum absolute atomic E-state index is 13.5. The zero-order valence-electron chi connectivity index (χ0n) is 13.8. The van der Waals surface area contributed by atoms with Crippen LogP contribution in [0.25, 0.3) is 32.6 Å². The second kappa shape index (κ2) is 6.17. The molecular formula is C19H11F2N5S. The minimum absolute atomic E-state index is 0.369. The monoisotopic (exact) mass is 379 g/mol. The molecule has 5 nitrogen and oxygen atoms in total. The fraction of sp³-hybridized carbons (Fsp3) is 0.0526. The van der Waals surface area contributed by atoms with Crippen molar-refractivity contribution in [1.82, 2.24) is 25.0 Å². The summed E-state index contributed by atoms with van der Waals surface area (Å²) in [6.45, 7) is 0.484. The van der Waals surface area contributed by atoms with Gasteiger partial charge in [0.15, 0.2) is 5.65 Å². The molecular weight excluding hydrogens is 368 g/mol. The van der Waals surface area contributed by atoms with Crippen molar-refractivity contribution in [3.63, 3.8) is 0 Å². The third kappa shape index (κ3) is 2.93. The number of benzene rings is 2. The highest BCUT2D eigenvalue weighted by Gasteiger charge is 2.11. The molecule has 0 aliphatic rings. The van der Waals surface area contributed by atoms with Crippen LogP contribution in [-0.2, 0) is 6.54 Å². The molecule has 132 valence electrons. The van der Waals surface area contributed by atoms with Crippen molar-refractivity contribution in [2.75, 3.05) is 0 Å². The topological polar surface area (TPSA) is 56.5 Å². The summed E-state index contributed by atoms with van der Waals surface area (Å²) in [5.74, 6) is -1.28. The van der Waals surface area contributed by atoms with E-state index >= 15 is 0 Å². The highest BCUT2D eigenvalue weighted by molar-refractivity contribution is 7.16. The number of thiazole rings is 1. The molecule has 0 aliphatic heterocycles. The van der Waals surface area contributed by atoms with Gasteiger partial charge in [-0.2, -0.15) is 0 Å². The van der Waals surface area contributed by atoms with Gasteiger partial charge in [0.2, 0.25) is 0 Å². The Bertz CT molecular complexity index is 1270. The standard InChI is InChI=1S/C19H11F2N5S/c20-13-6-12(7-14(21)8-13)15-3-4-17-19(23-15)26(25-24-17)9-11-1-2-16-18(5-11)27-10-22-16/h1-8,10H,9H2. The Morgan fingerprint density at radius 3 is 2.59 bits per heavy atom. The van der Waals surface area contributed by atoms with E-state index in [1.165, 1.54) is 12.1 Å². The largest absolute Gasteiger partial charge is 0.245 e. The van der Waals surface area contributed by atoms with E-state index in [-0.39, 0.29) is 0 Å². The molecule has 0 spiro atoms. The molecule has 27 heavy (non-hydrogen) atoms. The lowest BCUT2D eigenvalue weighted by atomic mass is 10.1. The third-order valence-electron chi connectivity index (χ3n) is 4.25. The van der Waals surface area contributed by atoms with Crippen LogP contribution in [0.1, 0.15) is 5.56 Å². The first-order valence-corrected chi connectivity index (χ1v) is 9.02. The first-order valence-electron chi connectivity index (χ1n) is 8.14. The molecule has 3 heterocycles. The molecule has 0 bridgehead atoms. The van der Waals surface area contributed by atoms with Gasteiger partial charge >= 0.3 is 0 Å². The fourth-order valence-corrected chi connectivity index (χ4v) is 3.73. The van der Waals surface area contributed by atoms with Crippen molar-refractivity contribution >= 4 is 32.7 Å². The molecule has 0 saturated heterocycles. The zero-order chi connectivity index (χ0) is 18.4. The van der Waals surface area contributed by atoms with E-state index in [1.54, 1.807) is 28.2 Å². The van der Waals surface area contributed by atoms with Gasteiger partial charge in [0.1, 0.15) is 17.2 Å². The molecule has 0 fully saturated rings. The Morgan fingerprint density at radius 2 is 1.74 bits per heavy atom. The van der Waals surface area contributed by atoms with Crippen LogP contribution in [0, 0.1) is 11.6 Å². The number of aromatic nitrogens is 5. The highest BCUT2D eigenvalue weighted by atomic mass is 32.1. The van der Waals surface area contributed by atoms with Crippen molar-refractivity contribution < 1.29 is 8.78 Å². The summed E-state index contributed by atoms with van der Waals surface area (Å²) in [6.07, 6.45) is 0. The Morgan fingerprint density at radius 1 is 0.926 bits per heavy atom. The van der Waals surface area contributed by atoms with Crippen LogP contribution in [0.2, 0.25) is 0 Å². The molecule has 0 N–H and O–H groups in total. The van der Waals surface area contributed by atoms with Crippen LogP contribution in [0.3, 0.4) is 0 Å². The molecule has 0 radical (unpaired) electrons. The van der Waals surface area contributed by atoms with Gasteiger partial charge in [-0.1, -0.05) is 11.3 Å². The van der Waals surface area contributed by atoms with Crippen LogP contribution in [0.5, 0.6) is 0 Å². The normalized spacial score (nSPS) is 11.5. The van der Waals surface area contributed by atoms with Crippen molar-refractivity contribution in [3.05, 3.63) is 71.2 Å². The average Bonchev–Trinajstić information content (AvgIpc) is 3.27. The van der Waals surface area contributed by atoms with Gasteiger partial charge in [0, 0.05) is 11.6 Å². The number of hydrogen-bond donors (Lipinski definition) is 0. The first-order chi connectivity index (χ1) is 13.2. The molecule has 5 aromatic rings. The summed E-state index contributed by atoms with van der Waals surface area (Å²) in [7, 11) is 0. The predicted molar refractivity (Wildman–Crippen MR) is 99.4 cm³/mol. The van der Waals surface area contributed by atoms with Gasteiger partial charge < -0.3 is 0 Å². The molecule has 2 aromatic carbocycles. The van der Waals surface area contributed by atoms with Crippen molar-refractivity contribution in [2.45, 2.75) is 6.54 Å². The van der Waals surface area contributed by atoms with Crippen molar-refractivity contribution in [1.29, 1.82) is 0 Å². The number of halogens is 2. The number of hydrogen-bond acceptors (Lipinski definition) is 5. The second-order valence-electron chi connectivity index (χ2n) is 6.10. The summed E-state index contributed by atoms with van der Waals surface area (Å²) in [6, 6.07) is 12.8. The molecule has 0 atom stereocenters. The average molecular weight is 379 g/mol. The van der Waals surface area contributed by atoms with Gasteiger partial charge in [-0.25, -0.2) is 23.4 Å². The predicted octanol–water partition coefficient (Wildman–Crippen LogP) is 4.43.